The van der Waals surface area contributed by atoms with Crippen molar-refractivity contribution in [1.82, 2.24) is 9.80 Å². The van der Waals surface area contributed by atoms with Gasteiger partial charge in [-0.25, -0.2) is 0 Å². The van der Waals surface area contributed by atoms with Gasteiger partial charge in [0, 0.05) is 43.3 Å². The molecule has 0 saturated carbocycles. The maximum Gasteiger partial charge on any atom is 0.253 e. The molecular weight excluding hydrogens is 364 g/mol. The summed E-state index contributed by atoms with van der Waals surface area (Å²) in [6, 6.07) is 14.8. The summed E-state index contributed by atoms with van der Waals surface area (Å²) in [7, 11) is 0. The Balaban J connectivity index is 1.41. The van der Waals surface area contributed by atoms with Crippen LogP contribution in [0.5, 0.6) is 5.75 Å². The van der Waals surface area contributed by atoms with E-state index in [2.05, 4.69) is 4.90 Å². The van der Waals surface area contributed by atoms with Gasteiger partial charge in [-0.2, -0.15) is 0 Å². The average molecular weight is 389 g/mol. The fraction of sp³-hybridized carbons (Fsp3) is 0.381. The number of ether oxygens (including phenoxy) is 1. The van der Waals surface area contributed by atoms with Crippen molar-refractivity contribution >= 4 is 17.5 Å². The van der Waals surface area contributed by atoms with Gasteiger partial charge in [-0.05, 0) is 43.3 Å². The quantitative estimate of drug-likeness (QED) is 0.826. The zero-order valence-electron chi connectivity index (χ0n) is 15.5. The lowest BCUT2D eigenvalue weighted by Crippen LogP contribution is -2.50. The molecule has 1 N–H and O–H groups in total. The third-order valence-electron chi connectivity index (χ3n) is 4.68. The summed E-state index contributed by atoms with van der Waals surface area (Å²) >= 11 is 5.88. The van der Waals surface area contributed by atoms with E-state index in [-0.39, 0.29) is 12.5 Å². The van der Waals surface area contributed by atoms with E-state index in [1.807, 2.05) is 36.1 Å². The first kappa shape index (κ1) is 19.7. The molecule has 1 fully saturated rings. The van der Waals surface area contributed by atoms with Gasteiger partial charge in [-0.15, -0.1) is 0 Å². The number of piperazine rings is 1. The Morgan fingerprint density at radius 2 is 1.70 bits per heavy atom. The van der Waals surface area contributed by atoms with E-state index in [0.717, 1.165) is 18.8 Å². The van der Waals surface area contributed by atoms with Crippen molar-refractivity contribution in [1.29, 1.82) is 0 Å². The maximum atomic E-state index is 12.5. The number of β-amino-alcohol motifs (C(OH)–C–C–N with tert-alkyl or cyclic N) is 1. The zero-order valence-corrected chi connectivity index (χ0v) is 16.2. The fourth-order valence-electron chi connectivity index (χ4n) is 3.09. The molecule has 2 aromatic carbocycles. The van der Waals surface area contributed by atoms with Gasteiger partial charge in [-0.3, -0.25) is 9.69 Å². The first-order chi connectivity index (χ1) is 13.0. The minimum Gasteiger partial charge on any atom is -0.491 e. The van der Waals surface area contributed by atoms with Gasteiger partial charge in [0.1, 0.15) is 18.5 Å². The molecule has 1 amide bonds. The zero-order chi connectivity index (χ0) is 19.2. The summed E-state index contributed by atoms with van der Waals surface area (Å²) in [5.74, 6) is 0.785. The normalized spacial score (nSPS) is 16.2. The average Bonchev–Trinajstić information content (AvgIpc) is 2.68. The molecule has 3 rings (SSSR count). The second kappa shape index (κ2) is 9.22. The maximum absolute atomic E-state index is 12.5. The highest BCUT2D eigenvalue weighted by Crippen LogP contribution is 2.14. The molecule has 0 aliphatic carbocycles. The second-order valence-corrected chi connectivity index (χ2v) is 7.31. The molecule has 0 aromatic heterocycles. The van der Waals surface area contributed by atoms with E-state index in [1.165, 1.54) is 5.56 Å². The molecule has 2 aromatic rings. The number of hydrogen-bond donors (Lipinski definition) is 1. The SMILES string of the molecule is Cc1ccc(OCC(O)CN2CCN(C(=O)c3ccc(Cl)cc3)CC2)cc1. The van der Waals surface area contributed by atoms with Crippen LogP contribution in [0.1, 0.15) is 15.9 Å². The minimum absolute atomic E-state index is 0.0227. The number of carbonyl (C=O) groups excluding carboxylic acids is 1. The molecular formula is C21H25ClN2O3. The Kier molecular flexibility index (Phi) is 6.72. The number of aliphatic hydroxyl groups excluding tert-OH is 1. The number of hydrogen-bond acceptors (Lipinski definition) is 4. The number of carbonyl (C=O) groups is 1. The van der Waals surface area contributed by atoms with Gasteiger partial charge in [0.25, 0.3) is 5.91 Å². The summed E-state index contributed by atoms with van der Waals surface area (Å²) in [5, 5.41) is 10.9. The van der Waals surface area contributed by atoms with Crippen molar-refractivity contribution in [3.8, 4) is 5.75 Å². The van der Waals surface area contributed by atoms with Crippen molar-refractivity contribution in [2.75, 3.05) is 39.3 Å². The molecule has 1 atom stereocenters. The Bertz CT molecular complexity index is 741. The molecule has 1 heterocycles. The molecule has 0 bridgehead atoms. The van der Waals surface area contributed by atoms with Crippen LogP contribution in [0.4, 0.5) is 0 Å². The number of rotatable bonds is 6. The number of nitrogens with zero attached hydrogens (tertiary/aromatic N) is 2. The van der Waals surface area contributed by atoms with Crippen LogP contribution >= 0.6 is 11.6 Å². The number of benzene rings is 2. The fourth-order valence-corrected chi connectivity index (χ4v) is 3.21. The van der Waals surface area contributed by atoms with Crippen molar-refractivity contribution in [3.05, 3.63) is 64.7 Å². The van der Waals surface area contributed by atoms with Gasteiger partial charge in [0.2, 0.25) is 0 Å². The monoisotopic (exact) mass is 388 g/mol. The predicted molar refractivity (Wildman–Crippen MR) is 106 cm³/mol. The van der Waals surface area contributed by atoms with Crippen LogP contribution in [0.15, 0.2) is 48.5 Å². The lowest BCUT2D eigenvalue weighted by atomic mass is 10.2. The van der Waals surface area contributed by atoms with Gasteiger partial charge >= 0.3 is 0 Å². The van der Waals surface area contributed by atoms with Crippen molar-refractivity contribution < 1.29 is 14.6 Å². The summed E-state index contributed by atoms with van der Waals surface area (Å²) in [4.78, 5) is 16.5. The van der Waals surface area contributed by atoms with E-state index in [0.29, 0.717) is 30.2 Å². The molecule has 1 aliphatic heterocycles. The van der Waals surface area contributed by atoms with Crippen molar-refractivity contribution in [3.63, 3.8) is 0 Å². The van der Waals surface area contributed by atoms with E-state index < -0.39 is 6.10 Å². The Morgan fingerprint density at radius 1 is 1.07 bits per heavy atom. The Hall–Kier alpha value is -2.08. The summed E-state index contributed by atoms with van der Waals surface area (Å²) < 4.78 is 5.64. The largest absolute Gasteiger partial charge is 0.491 e. The van der Waals surface area contributed by atoms with Crippen LogP contribution in [0.2, 0.25) is 5.02 Å². The third kappa shape index (κ3) is 5.70. The number of aryl methyl sites for hydroxylation is 1. The van der Waals surface area contributed by atoms with Crippen LogP contribution in [0.25, 0.3) is 0 Å². The second-order valence-electron chi connectivity index (χ2n) is 6.88. The van der Waals surface area contributed by atoms with Crippen LogP contribution in [-0.4, -0.2) is 66.2 Å². The molecule has 0 radical (unpaired) electrons. The number of halogens is 1. The first-order valence-corrected chi connectivity index (χ1v) is 9.54. The van der Waals surface area contributed by atoms with E-state index >= 15 is 0 Å². The molecule has 6 heteroatoms. The highest BCUT2D eigenvalue weighted by Gasteiger charge is 2.23. The highest BCUT2D eigenvalue weighted by molar-refractivity contribution is 6.30. The van der Waals surface area contributed by atoms with Gasteiger partial charge in [-0.1, -0.05) is 29.3 Å². The summed E-state index contributed by atoms with van der Waals surface area (Å²) in [6.07, 6.45) is -0.565. The molecule has 1 unspecified atom stereocenters. The standard InChI is InChI=1S/C21H25ClN2O3/c1-16-2-8-20(9-3-16)27-15-19(25)14-23-10-12-24(13-11-23)21(26)17-4-6-18(22)7-5-17/h2-9,19,25H,10-15H2,1H3. The molecule has 1 saturated heterocycles. The lowest BCUT2D eigenvalue weighted by molar-refractivity contribution is 0.0403. The molecule has 27 heavy (non-hydrogen) atoms. The van der Waals surface area contributed by atoms with Crippen LogP contribution in [0.3, 0.4) is 0 Å². The minimum atomic E-state index is -0.565. The van der Waals surface area contributed by atoms with E-state index in [4.69, 9.17) is 16.3 Å². The highest BCUT2D eigenvalue weighted by atomic mass is 35.5. The van der Waals surface area contributed by atoms with Crippen molar-refractivity contribution in [2.45, 2.75) is 13.0 Å². The van der Waals surface area contributed by atoms with Gasteiger partial charge < -0.3 is 14.7 Å². The van der Waals surface area contributed by atoms with Gasteiger partial charge in [0.15, 0.2) is 0 Å². The topological polar surface area (TPSA) is 53.0 Å². The van der Waals surface area contributed by atoms with Crippen LogP contribution in [0, 0.1) is 6.92 Å². The number of amides is 1. The number of aliphatic hydroxyl groups is 1. The summed E-state index contributed by atoms with van der Waals surface area (Å²) in [5.41, 5.74) is 1.83. The third-order valence-corrected chi connectivity index (χ3v) is 4.93. The van der Waals surface area contributed by atoms with E-state index in [9.17, 15) is 9.90 Å². The summed E-state index contributed by atoms with van der Waals surface area (Å²) in [6.45, 7) is 5.58. The molecule has 1 aliphatic rings. The van der Waals surface area contributed by atoms with E-state index in [1.54, 1.807) is 24.3 Å². The molecule has 5 nitrogen and oxygen atoms in total. The first-order valence-electron chi connectivity index (χ1n) is 9.16. The van der Waals surface area contributed by atoms with Crippen LogP contribution in [-0.2, 0) is 0 Å². The van der Waals surface area contributed by atoms with Crippen LogP contribution < -0.4 is 4.74 Å². The predicted octanol–water partition coefficient (Wildman–Crippen LogP) is 2.85. The Labute approximate surface area is 165 Å². The molecule has 144 valence electrons. The van der Waals surface area contributed by atoms with Gasteiger partial charge in [0.05, 0.1) is 0 Å². The smallest absolute Gasteiger partial charge is 0.253 e. The molecule has 0 spiro atoms. The van der Waals surface area contributed by atoms with Crippen molar-refractivity contribution in [2.24, 2.45) is 0 Å². The Morgan fingerprint density at radius 3 is 2.33 bits per heavy atom. The lowest BCUT2D eigenvalue weighted by Gasteiger charge is -2.35.